The molecule has 19 heavy (non-hydrogen) atoms. The van der Waals surface area contributed by atoms with Gasteiger partial charge in [0, 0.05) is 31.3 Å². The molecule has 102 valence electrons. The van der Waals surface area contributed by atoms with E-state index in [-0.39, 0.29) is 12.1 Å². The van der Waals surface area contributed by atoms with Crippen molar-refractivity contribution in [3.05, 3.63) is 35.4 Å². The van der Waals surface area contributed by atoms with Crippen LogP contribution in [0.3, 0.4) is 0 Å². The Hall–Kier alpha value is -1.39. The van der Waals surface area contributed by atoms with E-state index in [1.54, 1.807) is 7.11 Å². The molecule has 1 fully saturated rings. The fourth-order valence-corrected chi connectivity index (χ4v) is 3.06. The van der Waals surface area contributed by atoms with Crippen LogP contribution in [0.15, 0.2) is 24.3 Å². The van der Waals surface area contributed by atoms with Crippen LogP contribution in [-0.4, -0.2) is 49.0 Å². The number of rotatable bonds is 4. The lowest BCUT2D eigenvalue weighted by Gasteiger charge is -2.26. The third-order valence-electron chi connectivity index (χ3n) is 4.08. The van der Waals surface area contributed by atoms with Crippen molar-refractivity contribution < 1.29 is 9.53 Å². The zero-order valence-corrected chi connectivity index (χ0v) is 11.3. The normalized spacial score (nSPS) is 23.1. The van der Waals surface area contributed by atoms with Crippen LogP contribution in [0.2, 0.25) is 0 Å². The molecule has 1 unspecified atom stereocenters. The van der Waals surface area contributed by atoms with Crippen molar-refractivity contribution in [2.24, 2.45) is 0 Å². The van der Waals surface area contributed by atoms with E-state index in [0.717, 1.165) is 37.3 Å². The van der Waals surface area contributed by atoms with Gasteiger partial charge in [0.05, 0.1) is 0 Å². The van der Waals surface area contributed by atoms with Crippen molar-refractivity contribution in [3.63, 3.8) is 0 Å². The molecule has 1 saturated heterocycles. The Morgan fingerprint density at radius 2 is 1.95 bits per heavy atom. The maximum atomic E-state index is 12.4. The Balaban J connectivity index is 1.73. The summed E-state index contributed by atoms with van der Waals surface area (Å²) >= 11 is 0. The van der Waals surface area contributed by atoms with Gasteiger partial charge in [-0.05, 0) is 32.0 Å². The Morgan fingerprint density at radius 3 is 2.68 bits per heavy atom. The molecule has 0 spiro atoms. The van der Waals surface area contributed by atoms with Crippen LogP contribution >= 0.6 is 0 Å². The zero-order valence-electron chi connectivity index (χ0n) is 11.3. The average Bonchev–Trinajstić information content (AvgIpc) is 3.04. The summed E-state index contributed by atoms with van der Waals surface area (Å²) < 4.78 is 5.52. The van der Waals surface area contributed by atoms with E-state index in [2.05, 4.69) is 4.90 Å². The van der Waals surface area contributed by atoms with Gasteiger partial charge in [0.1, 0.15) is 0 Å². The fourth-order valence-electron chi connectivity index (χ4n) is 3.06. The van der Waals surface area contributed by atoms with Crippen molar-refractivity contribution in [2.45, 2.75) is 19.1 Å². The van der Waals surface area contributed by atoms with E-state index >= 15 is 0 Å². The van der Waals surface area contributed by atoms with E-state index in [4.69, 9.17) is 4.74 Å². The fraction of sp³-hybridized carbons (Fsp3) is 0.533. The summed E-state index contributed by atoms with van der Waals surface area (Å²) in [6.45, 7) is 4.00. The molecule has 0 aromatic heterocycles. The van der Waals surface area contributed by atoms with E-state index < -0.39 is 0 Å². The molecular formula is C15H20N2O2. The number of carbonyl (C=O) groups is 1. The van der Waals surface area contributed by atoms with Crippen LogP contribution in [0.25, 0.3) is 0 Å². The molecule has 1 aromatic rings. The second kappa shape index (κ2) is 5.31. The Labute approximate surface area is 113 Å². The number of methoxy groups -OCH3 is 1. The van der Waals surface area contributed by atoms with Gasteiger partial charge in [-0.25, -0.2) is 0 Å². The highest BCUT2D eigenvalue weighted by molar-refractivity contribution is 5.98. The standard InChI is InChI=1S/C15H20N2O2/c1-19-15-13-7-3-2-6-12(13)14(18)17(15)11-10-16-8-4-5-9-16/h2-3,6-7,15H,4-5,8-11H2,1H3. The van der Waals surface area contributed by atoms with E-state index in [0.29, 0.717) is 0 Å². The molecule has 2 aliphatic rings. The van der Waals surface area contributed by atoms with Gasteiger partial charge >= 0.3 is 0 Å². The largest absolute Gasteiger partial charge is 0.357 e. The molecule has 4 nitrogen and oxygen atoms in total. The van der Waals surface area contributed by atoms with Gasteiger partial charge in [-0.3, -0.25) is 4.79 Å². The minimum Gasteiger partial charge on any atom is -0.357 e. The first-order valence-corrected chi connectivity index (χ1v) is 6.96. The first-order valence-electron chi connectivity index (χ1n) is 6.96. The molecule has 1 atom stereocenters. The lowest BCUT2D eigenvalue weighted by atomic mass is 10.1. The summed E-state index contributed by atoms with van der Waals surface area (Å²) in [7, 11) is 1.67. The van der Waals surface area contributed by atoms with E-state index in [9.17, 15) is 4.79 Å². The highest BCUT2D eigenvalue weighted by Crippen LogP contribution is 2.33. The molecule has 4 heteroatoms. The van der Waals surface area contributed by atoms with Gasteiger partial charge in [-0.15, -0.1) is 0 Å². The number of likely N-dealkylation sites (tertiary alicyclic amines) is 1. The lowest BCUT2D eigenvalue weighted by molar-refractivity contribution is -0.0149. The minimum absolute atomic E-state index is 0.0987. The number of nitrogens with zero attached hydrogens (tertiary/aromatic N) is 2. The van der Waals surface area contributed by atoms with E-state index in [1.807, 2.05) is 29.2 Å². The number of hydrogen-bond acceptors (Lipinski definition) is 3. The summed E-state index contributed by atoms with van der Waals surface area (Å²) in [4.78, 5) is 16.7. The third kappa shape index (κ3) is 2.26. The van der Waals surface area contributed by atoms with Gasteiger partial charge in [0.2, 0.25) is 0 Å². The maximum absolute atomic E-state index is 12.4. The maximum Gasteiger partial charge on any atom is 0.256 e. The molecular weight excluding hydrogens is 240 g/mol. The Bertz CT molecular complexity index is 469. The first-order chi connectivity index (χ1) is 9.31. The predicted octanol–water partition coefficient (Wildman–Crippen LogP) is 1.88. The smallest absolute Gasteiger partial charge is 0.256 e. The number of amides is 1. The van der Waals surface area contributed by atoms with Gasteiger partial charge in [-0.2, -0.15) is 0 Å². The number of carbonyl (C=O) groups excluding carboxylic acids is 1. The van der Waals surface area contributed by atoms with Crippen LogP contribution in [0.4, 0.5) is 0 Å². The number of fused-ring (bicyclic) bond motifs is 1. The molecule has 0 saturated carbocycles. The van der Waals surface area contributed by atoms with E-state index in [1.165, 1.54) is 12.8 Å². The highest BCUT2D eigenvalue weighted by atomic mass is 16.5. The van der Waals surface area contributed by atoms with Crippen molar-refractivity contribution in [1.29, 1.82) is 0 Å². The van der Waals surface area contributed by atoms with Gasteiger partial charge < -0.3 is 14.5 Å². The number of ether oxygens (including phenoxy) is 1. The molecule has 2 heterocycles. The summed E-state index contributed by atoms with van der Waals surface area (Å²) in [6, 6.07) is 7.74. The third-order valence-corrected chi connectivity index (χ3v) is 4.08. The first kappa shape index (κ1) is 12.6. The van der Waals surface area contributed by atoms with Gasteiger partial charge in [-0.1, -0.05) is 18.2 Å². The second-order valence-electron chi connectivity index (χ2n) is 5.22. The molecule has 0 bridgehead atoms. The predicted molar refractivity (Wildman–Crippen MR) is 72.9 cm³/mol. The molecule has 2 aliphatic heterocycles. The van der Waals surface area contributed by atoms with Crippen molar-refractivity contribution >= 4 is 5.91 Å². The van der Waals surface area contributed by atoms with Crippen LogP contribution in [0.1, 0.15) is 35.0 Å². The van der Waals surface area contributed by atoms with Crippen LogP contribution in [0.5, 0.6) is 0 Å². The van der Waals surface area contributed by atoms with Gasteiger partial charge in [0.15, 0.2) is 6.23 Å². The summed E-state index contributed by atoms with van der Waals surface area (Å²) in [6.07, 6.45) is 2.34. The van der Waals surface area contributed by atoms with Crippen molar-refractivity contribution in [3.8, 4) is 0 Å². The second-order valence-corrected chi connectivity index (χ2v) is 5.22. The SMILES string of the molecule is COC1c2ccccc2C(=O)N1CCN1CCCC1. The topological polar surface area (TPSA) is 32.8 Å². The van der Waals surface area contributed by atoms with Crippen LogP contribution < -0.4 is 0 Å². The molecule has 0 N–H and O–H groups in total. The molecule has 1 amide bonds. The van der Waals surface area contributed by atoms with Crippen molar-refractivity contribution in [2.75, 3.05) is 33.3 Å². The number of benzene rings is 1. The Morgan fingerprint density at radius 1 is 1.21 bits per heavy atom. The summed E-state index contributed by atoms with van der Waals surface area (Å²) in [5, 5.41) is 0. The van der Waals surface area contributed by atoms with Crippen LogP contribution in [0, 0.1) is 0 Å². The lowest BCUT2D eigenvalue weighted by Crippen LogP contribution is -2.36. The Kier molecular flexibility index (Phi) is 3.53. The summed E-state index contributed by atoms with van der Waals surface area (Å²) in [5.41, 5.74) is 1.78. The van der Waals surface area contributed by atoms with Crippen molar-refractivity contribution in [1.82, 2.24) is 9.80 Å². The number of hydrogen-bond donors (Lipinski definition) is 0. The highest BCUT2D eigenvalue weighted by Gasteiger charge is 2.36. The molecule has 0 aliphatic carbocycles. The zero-order chi connectivity index (χ0) is 13.2. The summed E-state index contributed by atoms with van der Waals surface area (Å²) in [5.74, 6) is 0.0987. The molecule has 1 aromatic carbocycles. The molecule has 0 radical (unpaired) electrons. The minimum atomic E-state index is -0.216. The average molecular weight is 260 g/mol. The monoisotopic (exact) mass is 260 g/mol. The quantitative estimate of drug-likeness (QED) is 0.828. The van der Waals surface area contributed by atoms with Crippen LogP contribution in [-0.2, 0) is 4.74 Å². The molecule has 3 rings (SSSR count). The van der Waals surface area contributed by atoms with Gasteiger partial charge in [0.25, 0.3) is 5.91 Å².